The first kappa shape index (κ1) is 12.5. The predicted octanol–water partition coefficient (Wildman–Crippen LogP) is 1.79. The minimum absolute atomic E-state index is 0.459. The fourth-order valence-electron chi connectivity index (χ4n) is 1.13. The van der Waals surface area contributed by atoms with Crippen molar-refractivity contribution in [3.8, 4) is 5.75 Å². The smallest absolute Gasteiger partial charge is 0.255 e. The first-order valence-electron chi connectivity index (χ1n) is 5.20. The zero-order chi connectivity index (χ0) is 12.2. The summed E-state index contributed by atoms with van der Waals surface area (Å²) in [4.78, 5) is 11.6. The summed E-state index contributed by atoms with van der Waals surface area (Å²) in [5.41, 5.74) is -0.837. The molecule has 88 valence electrons. The van der Waals surface area contributed by atoms with Gasteiger partial charge in [0.15, 0.2) is 0 Å². The number of ether oxygens (including phenoxy) is 1. The summed E-state index contributed by atoms with van der Waals surface area (Å²) in [6.07, 6.45) is 0. The SMILES string of the molecule is CCOc1ccccc1NC(=O)C(C)(C)O. The quantitative estimate of drug-likeness (QED) is 0.818. The van der Waals surface area contributed by atoms with E-state index in [2.05, 4.69) is 5.32 Å². The van der Waals surface area contributed by atoms with Crippen LogP contribution in [0.3, 0.4) is 0 Å². The number of anilines is 1. The number of rotatable bonds is 4. The van der Waals surface area contributed by atoms with E-state index in [0.29, 0.717) is 18.0 Å². The van der Waals surface area contributed by atoms with Gasteiger partial charge in [-0.2, -0.15) is 0 Å². The van der Waals surface area contributed by atoms with E-state index < -0.39 is 11.5 Å². The minimum atomic E-state index is -1.40. The summed E-state index contributed by atoms with van der Waals surface area (Å²) >= 11 is 0. The van der Waals surface area contributed by atoms with E-state index in [-0.39, 0.29) is 0 Å². The molecule has 0 aliphatic heterocycles. The highest BCUT2D eigenvalue weighted by atomic mass is 16.5. The third-order valence-corrected chi connectivity index (χ3v) is 1.99. The van der Waals surface area contributed by atoms with Crippen molar-refractivity contribution in [2.24, 2.45) is 0 Å². The van der Waals surface area contributed by atoms with Gasteiger partial charge in [-0.15, -0.1) is 0 Å². The summed E-state index contributed by atoms with van der Waals surface area (Å²) in [6.45, 7) is 5.27. The first-order valence-corrected chi connectivity index (χ1v) is 5.20. The maximum atomic E-state index is 11.6. The van der Waals surface area contributed by atoms with Gasteiger partial charge in [0.05, 0.1) is 12.3 Å². The number of aliphatic hydroxyl groups is 1. The van der Waals surface area contributed by atoms with Crippen molar-refractivity contribution in [2.75, 3.05) is 11.9 Å². The van der Waals surface area contributed by atoms with Gasteiger partial charge in [-0.1, -0.05) is 12.1 Å². The van der Waals surface area contributed by atoms with Gasteiger partial charge in [-0.25, -0.2) is 0 Å². The van der Waals surface area contributed by atoms with Crippen LogP contribution in [0.5, 0.6) is 5.75 Å². The van der Waals surface area contributed by atoms with Crippen LogP contribution in [0.4, 0.5) is 5.69 Å². The fourth-order valence-corrected chi connectivity index (χ4v) is 1.13. The van der Waals surface area contributed by atoms with Crippen LogP contribution in [0.25, 0.3) is 0 Å². The van der Waals surface area contributed by atoms with Gasteiger partial charge in [0.1, 0.15) is 11.4 Å². The van der Waals surface area contributed by atoms with E-state index in [1.807, 2.05) is 13.0 Å². The standard InChI is InChI=1S/C12H17NO3/c1-4-16-10-8-6-5-7-9(10)13-11(14)12(2,3)15/h5-8,15H,4H2,1-3H3,(H,13,14). The van der Waals surface area contributed by atoms with Crippen molar-refractivity contribution in [3.05, 3.63) is 24.3 Å². The van der Waals surface area contributed by atoms with Gasteiger partial charge in [0.2, 0.25) is 0 Å². The van der Waals surface area contributed by atoms with Crippen molar-refractivity contribution in [2.45, 2.75) is 26.4 Å². The second-order valence-corrected chi connectivity index (χ2v) is 3.94. The van der Waals surface area contributed by atoms with Crippen LogP contribution in [-0.4, -0.2) is 23.2 Å². The lowest BCUT2D eigenvalue weighted by Crippen LogP contribution is -2.36. The average molecular weight is 223 g/mol. The van der Waals surface area contributed by atoms with Gasteiger partial charge < -0.3 is 15.2 Å². The van der Waals surface area contributed by atoms with Gasteiger partial charge in [-0.3, -0.25) is 4.79 Å². The van der Waals surface area contributed by atoms with Crippen LogP contribution in [0, 0.1) is 0 Å². The summed E-state index contributed by atoms with van der Waals surface area (Å²) in [7, 11) is 0. The second-order valence-electron chi connectivity index (χ2n) is 3.94. The zero-order valence-electron chi connectivity index (χ0n) is 9.78. The number of carbonyl (C=O) groups excluding carboxylic acids is 1. The molecule has 1 amide bonds. The molecule has 4 nitrogen and oxygen atoms in total. The van der Waals surface area contributed by atoms with Crippen molar-refractivity contribution >= 4 is 11.6 Å². The maximum Gasteiger partial charge on any atom is 0.255 e. The van der Waals surface area contributed by atoms with Crippen LogP contribution in [0.2, 0.25) is 0 Å². The molecule has 0 aliphatic rings. The molecule has 4 heteroatoms. The average Bonchev–Trinajstić information content (AvgIpc) is 2.20. The Morgan fingerprint density at radius 1 is 1.44 bits per heavy atom. The van der Waals surface area contributed by atoms with E-state index in [4.69, 9.17) is 4.74 Å². The molecule has 2 N–H and O–H groups in total. The molecule has 0 aliphatic carbocycles. The number of hydrogen-bond acceptors (Lipinski definition) is 3. The number of carbonyl (C=O) groups is 1. The Morgan fingerprint density at radius 2 is 2.06 bits per heavy atom. The van der Waals surface area contributed by atoms with Crippen molar-refractivity contribution in [1.82, 2.24) is 0 Å². The normalized spacial score (nSPS) is 11.0. The Hall–Kier alpha value is -1.55. The van der Waals surface area contributed by atoms with E-state index in [9.17, 15) is 9.90 Å². The van der Waals surface area contributed by atoms with E-state index >= 15 is 0 Å². The predicted molar refractivity (Wildman–Crippen MR) is 62.5 cm³/mol. The minimum Gasteiger partial charge on any atom is -0.492 e. The van der Waals surface area contributed by atoms with Crippen LogP contribution in [0.15, 0.2) is 24.3 Å². The van der Waals surface area contributed by atoms with E-state index in [1.54, 1.807) is 18.2 Å². The molecular weight excluding hydrogens is 206 g/mol. The molecule has 0 saturated heterocycles. The molecule has 0 atom stereocenters. The number of amides is 1. The number of hydrogen-bond donors (Lipinski definition) is 2. The Kier molecular flexibility index (Phi) is 3.90. The Morgan fingerprint density at radius 3 is 2.62 bits per heavy atom. The lowest BCUT2D eigenvalue weighted by Gasteiger charge is -2.18. The second kappa shape index (κ2) is 4.99. The monoisotopic (exact) mass is 223 g/mol. The Balaban J connectivity index is 2.84. The topological polar surface area (TPSA) is 58.6 Å². The molecule has 0 heterocycles. The highest BCUT2D eigenvalue weighted by molar-refractivity contribution is 5.97. The van der Waals surface area contributed by atoms with Gasteiger partial charge in [0.25, 0.3) is 5.91 Å². The lowest BCUT2D eigenvalue weighted by molar-refractivity contribution is -0.130. The molecule has 0 fully saturated rings. The molecule has 0 unspecified atom stereocenters. The van der Waals surface area contributed by atoms with Crippen molar-refractivity contribution in [3.63, 3.8) is 0 Å². The van der Waals surface area contributed by atoms with Crippen molar-refractivity contribution in [1.29, 1.82) is 0 Å². The molecule has 1 rings (SSSR count). The summed E-state index contributed by atoms with van der Waals surface area (Å²) in [6, 6.07) is 7.12. The molecule has 1 aromatic carbocycles. The molecule has 16 heavy (non-hydrogen) atoms. The summed E-state index contributed by atoms with van der Waals surface area (Å²) in [5, 5.41) is 12.1. The third kappa shape index (κ3) is 3.24. The fraction of sp³-hybridized carbons (Fsp3) is 0.417. The van der Waals surface area contributed by atoms with Crippen LogP contribution >= 0.6 is 0 Å². The molecule has 1 aromatic rings. The van der Waals surface area contributed by atoms with Crippen LogP contribution in [-0.2, 0) is 4.79 Å². The Bertz CT molecular complexity index is 369. The molecule has 0 bridgehead atoms. The third-order valence-electron chi connectivity index (χ3n) is 1.99. The maximum absolute atomic E-state index is 11.6. The largest absolute Gasteiger partial charge is 0.492 e. The zero-order valence-corrected chi connectivity index (χ0v) is 9.78. The van der Waals surface area contributed by atoms with E-state index in [0.717, 1.165) is 0 Å². The van der Waals surface area contributed by atoms with Crippen LogP contribution < -0.4 is 10.1 Å². The molecule has 0 aromatic heterocycles. The summed E-state index contributed by atoms with van der Waals surface area (Å²) in [5.74, 6) is 0.141. The molecule has 0 spiro atoms. The van der Waals surface area contributed by atoms with Crippen molar-refractivity contribution < 1.29 is 14.6 Å². The van der Waals surface area contributed by atoms with Gasteiger partial charge in [-0.05, 0) is 32.9 Å². The molecule has 0 saturated carbocycles. The molecular formula is C12H17NO3. The first-order chi connectivity index (χ1) is 7.45. The van der Waals surface area contributed by atoms with Gasteiger partial charge >= 0.3 is 0 Å². The Labute approximate surface area is 95.2 Å². The highest BCUT2D eigenvalue weighted by Crippen LogP contribution is 2.24. The number of nitrogens with one attached hydrogen (secondary N) is 1. The van der Waals surface area contributed by atoms with E-state index in [1.165, 1.54) is 13.8 Å². The summed E-state index contributed by atoms with van der Waals surface area (Å²) < 4.78 is 5.35. The molecule has 0 radical (unpaired) electrons. The van der Waals surface area contributed by atoms with Crippen LogP contribution in [0.1, 0.15) is 20.8 Å². The highest BCUT2D eigenvalue weighted by Gasteiger charge is 2.24. The van der Waals surface area contributed by atoms with Gasteiger partial charge in [0, 0.05) is 0 Å². The number of benzene rings is 1. The number of para-hydroxylation sites is 2. The lowest BCUT2D eigenvalue weighted by atomic mass is 10.1.